The third kappa shape index (κ3) is 3.16. The van der Waals surface area contributed by atoms with Crippen molar-refractivity contribution < 1.29 is 9.18 Å². The summed E-state index contributed by atoms with van der Waals surface area (Å²) in [6.07, 6.45) is 0.959. The van der Waals surface area contributed by atoms with Crippen LogP contribution in [0, 0.1) is 19.7 Å². The molecule has 1 saturated heterocycles. The van der Waals surface area contributed by atoms with Crippen molar-refractivity contribution in [2.24, 2.45) is 0 Å². The van der Waals surface area contributed by atoms with Crippen LogP contribution in [0.3, 0.4) is 0 Å². The number of hydrogen-bond donors (Lipinski definition) is 0. The zero-order valence-electron chi connectivity index (χ0n) is 11.5. The summed E-state index contributed by atoms with van der Waals surface area (Å²) < 4.78 is 14.1. The minimum Gasteiger partial charge on any atom is -0.293 e. The van der Waals surface area contributed by atoms with Crippen LogP contribution >= 0.6 is 23.5 Å². The highest BCUT2D eigenvalue weighted by Gasteiger charge is 2.33. The Morgan fingerprint density at radius 1 is 1.32 bits per heavy atom. The molecule has 0 aromatic heterocycles. The van der Waals surface area contributed by atoms with Crippen LogP contribution < -0.4 is 0 Å². The fraction of sp³-hybridized carbons (Fsp3) is 0.533. The van der Waals surface area contributed by atoms with E-state index >= 15 is 0 Å². The number of aryl methyl sites for hydroxylation is 2. The van der Waals surface area contributed by atoms with Crippen LogP contribution in [0.4, 0.5) is 4.39 Å². The molecule has 0 N–H and O–H groups in total. The van der Waals surface area contributed by atoms with E-state index in [1.807, 2.05) is 31.7 Å². The number of carbonyl (C=O) groups is 1. The van der Waals surface area contributed by atoms with Gasteiger partial charge >= 0.3 is 0 Å². The Labute approximate surface area is 122 Å². The van der Waals surface area contributed by atoms with Gasteiger partial charge in [-0.15, -0.1) is 11.8 Å². The van der Waals surface area contributed by atoms with Gasteiger partial charge in [-0.25, -0.2) is 4.39 Å². The van der Waals surface area contributed by atoms with Crippen molar-refractivity contribution in [1.29, 1.82) is 0 Å². The van der Waals surface area contributed by atoms with Crippen molar-refractivity contribution in [1.82, 2.24) is 0 Å². The number of rotatable bonds is 3. The monoisotopic (exact) mass is 298 g/mol. The van der Waals surface area contributed by atoms with Crippen LogP contribution in [0.5, 0.6) is 0 Å². The molecule has 104 valence electrons. The van der Waals surface area contributed by atoms with Gasteiger partial charge in [-0.3, -0.25) is 4.79 Å². The van der Waals surface area contributed by atoms with Crippen LogP contribution in [-0.4, -0.2) is 27.8 Å². The zero-order chi connectivity index (χ0) is 14.0. The first-order valence-corrected chi connectivity index (χ1v) is 8.68. The van der Waals surface area contributed by atoms with Crippen LogP contribution in [0.25, 0.3) is 0 Å². The van der Waals surface area contributed by atoms with Gasteiger partial charge < -0.3 is 0 Å². The van der Waals surface area contributed by atoms with E-state index in [-0.39, 0.29) is 16.9 Å². The second-order valence-corrected chi connectivity index (χ2v) is 7.51. The number of hydrogen-bond acceptors (Lipinski definition) is 3. The Kier molecular flexibility index (Phi) is 4.96. The SMILES string of the molecule is CCC1SCCSC1C(=O)c1c(C)cc(C)cc1F. The van der Waals surface area contributed by atoms with Gasteiger partial charge in [0, 0.05) is 16.8 Å². The van der Waals surface area contributed by atoms with E-state index in [0.717, 1.165) is 29.1 Å². The van der Waals surface area contributed by atoms with Gasteiger partial charge in [0.25, 0.3) is 0 Å². The average molecular weight is 298 g/mol. The fourth-order valence-electron chi connectivity index (χ4n) is 2.52. The second-order valence-electron chi connectivity index (χ2n) is 4.91. The molecule has 0 spiro atoms. The summed E-state index contributed by atoms with van der Waals surface area (Å²) in [5.74, 6) is 1.67. The molecule has 0 radical (unpaired) electrons. The normalized spacial score (nSPS) is 23.4. The van der Waals surface area contributed by atoms with Crippen molar-refractivity contribution in [3.8, 4) is 0 Å². The summed E-state index contributed by atoms with van der Waals surface area (Å²) in [4.78, 5) is 12.6. The van der Waals surface area contributed by atoms with Crippen LogP contribution in [-0.2, 0) is 0 Å². The first-order valence-electron chi connectivity index (χ1n) is 6.58. The van der Waals surface area contributed by atoms with Crippen molar-refractivity contribution in [3.05, 3.63) is 34.6 Å². The van der Waals surface area contributed by atoms with Crippen LogP contribution in [0.15, 0.2) is 12.1 Å². The molecular weight excluding hydrogens is 279 g/mol. The third-order valence-corrected chi connectivity index (χ3v) is 6.63. The Morgan fingerprint density at radius 3 is 2.63 bits per heavy atom. The molecule has 2 atom stereocenters. The van der Waals surface area contributed by atoms with Gasteiger partial charge in [0.05, 0.1) is 10.8 Å². The lowest BCUT2D eigenvalue weighted by Crippen LogP contribution is -2.33. The van der Waals surface area contributed by atoms with Gasteiger partial charge in [-0.2, -0.15) is 11.8 Å². The Hall–Kier alpha value is -0.480. The molecule has 1 aromatic rings. The van der Waals surface area contributed by atoms with Gasteiger partial charge in [-0.05, 0) is 37.5 Å². The number of thioether (sulfide) groups is 2. The lowest BCUT2D eigenvalue weighted by Gasteiger charge is -2.29. The van der Waals surface area contributed by atoms with Gasteiger partial charge in [0.15, 0.2) is 5.78 Å². The number of carbonyl (C=O) groups excluding carboxylic acids is 1. The highest BCUT2D eigenvalue weighted by Crippen LogP contribution is 2.36. The summed E-state index contributed by atoms with van der Waals surface area (Å²) in [5, 5.41) is 0.214. The smallest absolute Gasteiger partial charge is 0.180 e. The van der Waals surface area contributed by atoms with E-state index < -0.39 is 0 Å². The van der Waals surface area contributed by atoms with Crippen LogP contribution in [0.1, 0.15) is 34.8 Å². The zero-order valence-corrected chi connectivity index (χ0v) is 13.2. The van der Waals surface area contributed by atoms with Crippen molar-refractivity contribution >= 4 is 29.3 Å². The molecule has 0 amide bonds. The molecular formula is C15H19FOS2. The van der Waals surface area contributed by atoms with Crippen molar-refractivity contribution in [3.63, 3.8) is 0 Å². The highest BCUT2D eigenvalue weighted by atomic mass is 32.2. The Bertz CT molecular complexity index is 464. The molecule has 1 fully saturated rings. The summed E-state index contributed by atoms with van der Waals surface area (Å²) in [6.45, 7) is 5.78. The topological polar surface area (TPSA) is 17.1 Å². The molecule has 0 bridgehead atoms. The minimum atomic E-state index is -0.367. The van der Waals surface area contributed by atoms with Gasteiger partial charge in [-0.1, -0.05) is 13.0 Å². The summed E-state index contributed by atoms with van der Waals surface area (Å²) in [6, 6.07) is 3.35. The molecule has 1 heterocycles. The summed E-state index contributed by atoms with van der Waals surface area (Å²) in [7, 11) is 0. The molecule has 19 heavy (non-hydrogen) atoms. The highest BCUT2D eigenvalue weighted by molar-refractivity contribution is 8.07. The maximum absolute atomic E-state index is 14.1. The molecule has 1 aliphatic heterocycles. The molecule has 2 unspecified atom stereocenters. The van der Waals surface area contributed by atoms with E-state index in [1.165, 1.54) is 6.07 Å². The molecule has 0 saturated carbocycles. The van der Waals surface area contributed by atoms with Gasteiger partial charge in [0.2, 0.25) is 0 Å². The first kappa shape index (κ1) is 14.9. The number of halogens is 1. The predicted octanol–water partition coefficient (Wildman–Crippen LogP) is 4.25. The van der Waals surface area contributed by atoms with E-state index in [2.05, 4.69) is 6.92 Å². The standard InChI is InChI=1S/C15H19FOS2/c1-4-12-15(19-6-5-18-12)14(17)13-10(3)7-9(2)8-11(13)16/h7-8,12,15H,4-6H2,1-3H3. The van der Waals surface area contributed by atoms with Gasteiger partial charge in [0.1, 0.15) is 5.82 Å². The Morgan fingerprint density at radius 2 is 2.00 bits per heavy atom. The first-order chi connectivity index (χ1) is 9.04. The predicted molar refractivity (Wildman–Crippen MR) is 83.0 cm³/mol. The largest absolute Gasteiger partial charge is 0.293 e. The molecule has 2 rings (SSSR count). The lowest BCUT2D eigenvalue weighted by molar-refractivity contribution is 0.0983. The maximum atomic E-state index is 14.1. The molecule has 1 aromatic carbocycles. The maximum Gasteiger partial charge on any atom is 0.180 e. The molecule has 4 heteroatoms. The van der Waals surface area contributed by atoms with E-state index in [4.69, 9.17) is 0 Å². The molecule has 0 aliphatic carbocycles. The van der Waals surface area contributed by atoms with Crippen LogP contribution in [0.2, 0.25) is 0 Å². The summed E-state index contributed by atoms with van der Waals surface area (Å²) >= 11 is 3.53. The number of benzene rings is 1. The lowest BCUT2D eigenvalue weighted by atomic mass is 9.98. The quantitative estimate of drug-likeness (QED) is 0.776. The van der Waals surface area contributed by atoms with Crippen molar-refractivity contribution in [2.45, 2.75) is 37.7 Å². The minimum absolute atomic E-state index is 0.0287. The van der Waals surface area contributed by atoms with E-state index in [9.17, 15) is 9.18 Å². The second kappa shape index (κ2) is 6.31. The summed E-state index contributed by atoms with van der Waals surface area (Å²) in [5.41, 5.74) is 1.92. The fourth-order valence-corrected chi connectivity index (χ4v) is 5.52. The Balaban J connectivity index is 2.33. The van der Waals surface area contributed by atoms with E-state index in [0.29, 0.717) is 10.8 Å². The average Bonchev–Trinajstić information content (AvgIpc) is 2.37. The third-order valence-electron chi connectivity index (χ3n) is 3.39. The molecule has 1 nitrogen and oxygen atoms in total. The molecule has 1 aliphatic rings. The number of Topliss-reactive ketones (excluding diaryl/α,β-unsaturated/α-hetero) is 1. The van der Waals surface area contributed by atoms with E-state index in [1.54, 1.807) is 11.8 Å². The van der Waals surface area contributed by atoms with Crippen molar-refractivity contribution in [2.75, 3.05) is 11.5 Å². The number of ketones is 1.